The van der Waals surface area contributed by atoms with Gasteiger partial charge in [0.15, 0.2) is 5.54 Å². The van der Waals surface area contributed by atoms with Crippen molar-refractivity contribution in [3.63, 3.8) is 0 Å². The smallest absolute Gasteiger partial charge is 0.329 e. The highest BCUT2D eigenvalue weighted by Crippen LogP contribution is 2.21. The Morgan fingerprint density at radius 3 is 2.38 bits per heavy atom. The Kier molecular flexibility index (Phi) is 2.90. The van der Waals surface area contributed by atoms with Crippen LogP contribution in [0.3, 0.4) is 0 Å². The Labute approximate surface area is 81.4 Å². The highest BCUT2D eigenvalue weighted by atomic mass is 35.5. The topological polar surface area (TPSA) is 49.3 Å². The molecular formula is C9H10ClNO2. The van der Waals surface area contributed by atoms with E-state index in [0.717, 1.165) is 0 Å². The van der Waals surface area contributed by atoms with Crippen LogP contribution in [-0.2, 0) is 10.3 Å². The zero-order valence-electron chi connectivity index (χ0n) is 7.12. The number of carboxylic acid groups (broad SMARTS) is 1. The maximum absolute atomic E-state index is 10.9. The summed E-state index contributed by atoms with van der Waals surface area (Å²) >= 11 is 5.41. The third kappa shape index (κ3) is 1.82. The van der Waals surface area contributed by atoms with Gasteiger partial charge in [0, 0.05) is 0 Å². The van der Waals surface area contributed by atoms with Gasteiger partial charge in [-0.2, -0.15) is 0 Å². The summed E-state index contributed by atoms with van der Waals surface area (Å²) in [4.78, 5) is 13.2. The van der Waals surface area contributed by atoms with E-state index in [0.29, 0.717) is 5.56 Å². The molecular weight excluding hydrogens is 190 g/mol. The Morgan fingerprint density at radius 1 is 1.46 bits per heavy atom. The summed E-state index contributed by atoms with van der Waals surface area (Å²) in [5, 5.41) is 8.94. The van der Waals surface area contributed by atoms with Crippen LogP contribution in [0.4, 0.5) is 0 Å². The van der Waals surface area contributed by atoms with Crippen molar-refractivity contribution in [3.8, 4) is 0 Å². The molecule has 0 aliphatic heterocycles. The molecule has 0 aliphatic carbocycles. The van der Waals surface area contributed by atoms with Gasteiger partial charge in [0.2, 0.25) is 0 Å². The molecule has 0 aromatic heterocycles. The van der Waals surface area contributed by atoms with E-state index in [-0.39, 0.29) is 0 Å². The maximum Gasteiger partial charge on any atom is 0.329 e. The molecule has 4 heteroatoms. The average Bonchev–Trinajstić information content (AvgIpc) is 2.17. The number of carboxylic acids is 1. The molecule has 0 saturated carbocycles. The highest BCUT2D eigenvalue weighted by Gasteiger charge is 2.34. The lowest BCUT2D eigenvalue weighted by Gasteiger charge is -2.22. The molecule has 1 aromatic rings. The van der Waals surface area contributed by atoms with Crippen molar-refractivity contribution in [2.24, 2.45) is 0 Å². The fraction of sp³-hybridized carbons (Fsp3) is 0.222. The summed E-state index contributed by atoms with van der Waals surface area (Å²) in [5.41, 5.74) is -0.611. The molecule has 0 amide bonds. The molecule has 0 unspecified atom stereocenters. The molecule has 70 valence electrons. The van der Waals surface area contributed by atoms with E-state index >= 15 is 0 Å². The zero-order chi connectivity index (χ0) is 9.90. The predicted molar refractivity (Wildman–Crippen MR) is 50.4 cm³/mol. The summed E-state index contributed by atoms with van der Waals surface area (Å²) in [5.74, 6) is -1.01. The van der Waals surface area contributed by atoms with E-state index in [1.54, 1.807) is 24.3 Å². The van der Waals surface area contributed by atoms with Crippen LogP contribution in [0.5, 0.6) is 0 Å². The number of benzene rings is 1. The molecule has 0 fully saturated rings. The van der Waals surface area contributed by atoms with Crippen LogP contribution in [0.15, 0.2) is 30.3 Å². The van der Waals surface area contributed by atoms with E-state index in [4.69, 9.17) is 16.9 Å². The van der Waals surface area contributed by atoms with E-state index in [1.165, 1.54) is 6.92 Å². The summed E-state index contributed by atoms with van der Waals surface area (Å²) in [6.07, 6.45) is 0. The lowest BCUT2D eigenvalue weighted by Crippen LogP contribution is -2.41. The molecule has 0 heterocycles. The Bertz CT molecular complexity index is 302. The fourth-order valence-corrected chi connectivity index (χ4v) is 1.18. The van der Waals surface area contributed by atoms with Crippen molar-refractivity contribution in [1.82, 2.24) is 4.84 Å². The van der Waals surface area contributed by atoms with Gasteiger partial charge in [0.1, 0.15) is 0 Å². The largest absolute Gasteiger partial charge is 0.480 e. The van der Waals surface area contributed by atoms with E-state index in [2.05, 4.69) is 4.84 Å². The molecule has 0 bridgehead atoms. The number of carbonyl (C=O) groups is 1. The lowest BCUT2D eigenvalue weighted by molar-refractivity contribution is -0.143. The van der Waals surface area contributed by atoms with Crippen molar-refractivity contribution in [2.45, 2.75) is 12.5 Å². The summed E-state index contributed by atoms with van der Waals surface area (Å²) < 4.78 is 0. The minimum atomic E-state index is -1.23. The van der Waals surface area contributed by atoms with Crippen molar-refractivity contribution in [1.29, 1.82) is 0 Å². The molecule has 0 spiro atoms. The molecule has 1 aromatic carbocycles. The van der Waals surface area contributed by atoms with Gasteiger partial charge in [-0.05, 0) is 24.3 Å². The summed E-state index contributed by atoms with van der Waals surface area (Å²) in [6, 6.07) is 8.78. The number of rotatable bonds is 3. The van der Waals surface area contributed by atoms with Gasteiger partial charge in [0.05, 0.1) is 0 Å². The van der Waals surface area contributed by atoms with E-state index in [1.807, 2.05) is 6.07 Å². The van der Waals surface area contributed by atoms with Gasteiger partial charge < -0.3 is 5.11 Å². The maximum atomic E-state index is 10.9. The molecule has 0 aliphatic rings. The lowest BCUT2D eigenvalue weighted by atomic mass is 9.94. The van der Waals surface area contributed by atoms with E-state index < -0.39 is 11.5 Å². The van der Waals surface area contributed by atoms with Gasteiger partial charge in [-0.3, -0.25) is 0 Å². The summed E-state index contributed by atoms with van der Waals surface area (Å²) in [7, 11) is 0. The fourth-order valence-electron chi connectivity index (χ4n) is 0.990. The normalized spacial score (nSPS) is 14.9. The van der Waals surface area contributed by atoms with Crippen LogP contribution in [0.25, 0.3) is 0 Å². The first-order valence-electron chi connectivity index (χ1n) is 3.78. The molecule has 13 heavy (non-hydrogen) atoms. The molecule has 2 N–H and O–H groups in total. The molecule has 1 atom stereocenters. The standard InChI is InChI=1S/C9H10ClNO2/c1-9(11-10,8(12)13)7-5-3-2-4-6-7/h2-6,11H,1H3,(H,12,13)/t9-/m1/s1. The van der Waals surface area contributed by atoms with Crippen molar-refractivity contribution < 1.29 is 9.90 Å². The Balaban J connectivity index is 3.11. The monoisotopic (exact) mass is 199 g/mol. The van der Waals surface area contributed by atoms with Crippen molar-refractivity contribution in [3.05, 3.63) is 35.9 Å². The predicted octanol–water partition coefficient (Wildman–Crippen LogP) is 1.73. The first-order chi connectivity index (χ1) is 6.11. The Hall–Kier alpha value is -1.06. The first kappa shape index (κ1) is 10.0. The van der Waals surface area contributed by atoms with Crippen molar-refractivity contribution in [2.75, 3.05) is 0 Å². The SMILES string of the molecule is C[C@](NCl)(C(=O)O)c1ccccc1. The second kappa shape index (κ2) is 3.77. The Morgan fingerprint density at radius 2 is 2.00 bits per heavy atom. The van der Waals surface area contributed by atoms with Crippen molar-refractivity contribution >= 4 is 17.7 Å². The third-order valence-electron chi connectivity index (χ3n) is 1.97. The van der Waals surface area contributed by atoms with Gasteiger partial charge in [-0.1, -0.05) is 30.3 Å². The summed E-state index contributed by atoms with van der Waals surface area (Å²) in [6.45, 7) is 1.51. The van der Waals surface area contributed by atoms with Crippen LogP contribution in [-0.4, -0.2) is 11.1 Å². The minimum absolute atomic E-state index is 0.623. The average molecular weight is 200 g/mol. The molecule has 3 nitrogen and oxygen atoms in total. The van der Waals surface area contributed by atoms with Gasteiger partial charge in [0.25, 0.3) is 0 Å². The van der Waals surface area contributed by atoms with E-state index in [9.17, 15) is 4.79 Å². The van der Waals surface area contributed by atoms with Crippen LogP contribution in [0, 0.1) is 0 Å². The minimum Gasteiger partial charge on any atom is -0.480 e. The van der Waals surface area contributed by atoms with Gasteiger partial charge >= 0.3 is 5.97 Å². The number of nitrogens with one attached hydrogen (secondary N) is 1. The number of hydrogen-bond acceptors (Lipinski definition) is 2. The highest BCUT2D eigenvalue weighted by molar-refractivity contribution is 6.15. The quantitative estimate of drug-likeness (QED) is 0.729. The first-order valence-corrected chi connectivity index (χ1v) is 4.16. The van der Waals surface area contributed by atoms with Gasteiger partial charge in [-0.15, -0.1) is 0 Å². The van der Waals surface area contributed by atoms with Gasteiger partial charge in [-0.25, -0.2) is 9.63 Å². The molecule has 1 rings (SSSR count). The second-order valence-electron chi connectivity index (χ2n) is 2.89. The van der Waals surface area contributed by atoms with Crippen LogP contribution >= 0.6 is 11.8 Å². The second-order valence-corrected chi connectivity index (χ2v) is 3.08. The van der Waals surface area contributed by atoms with Crippen LogP contribution < -0.4 is 4.84 Å². The third-order valence-corrected chi connectivity index (χ3v) is 2.35. The number of aliphatic carboxylic acids is 1. The number of hydrogen-bond donors (Lipinski definition) is 2. The zero-order valence-corrected chi connectivity index (χ0v) is 7.88. The van der Waals surface area contributed by atoms with Crippen LogP contribution in [0.1, 0.15) is 12.5 Å². The number of halogens is 1. The molecule has 0 saturated heterocycles. The molecule has 0 radical (unpaired) electrons. The van der Waals surface area contributed by atoms with Crippen LogP contribution in [0.2, 0.25) is 0 Å².